The van der Waals surface area contributed by atoms with Gasteiger partial charge in [-0.15, -0.1) is 0 Å². The molecule has 2 amide bonds. The minimum atomic E-state index is -0.540. The number of nitrogens with one attached hydrogen (secondary N) is 2. The van der Waals surface area contributed by atoms with Crippen LogP contribution in [0.25, 0.3) is 0 Å². The Morgan fingerprint density at radius 2 is 2.00 bits per heavy atom. The van der Waals surface area contributed by atoms with Gasteiger partial charge in [-0.3, -0.25) is 0 Å². The van der Waals surface area contributed by atoms with Gasteiger partial charge in [0.15, 0.2) is 0 Å². The second-order valence-corrected chi connectivity index (χ2v) is 5.50. The van der Waals surface area contributed by atoms with Gasteiger partial charge in [-0.05, 0) is 25.3 Å². The lowest BCUT2D eigenvalue weighted by molar-refractivity contribution is 0.223. The molecule has 20 heavy (non-hydrogen) atoms. The minimum absolute atomic E-state index is 0.191. The van der Waals surface area contributed by atoms with Crippen LogP contribution < -0.4 is 10.6 Å². The number of rotatable bonds is 5. The molecular weight excluding hydrogens is 255 g/mol. The number of carbonyl (C=O) groups is 1. The largest absolute Gasteiger partial charge is 0.338 e. The Morgan fingerprint density at radius 1 is 1.30 bits per heavy atom. The Balaban J connectivity index is 2.10. The third-order valence-corrected chi connectivity index (χ3v) is 4.02. The number of benzene rings is 1. The number of carbonyl (C=O) groups excluding carboxylic acids is 1. The highest BCUT2D eigenvalue weighted by molar-refractivity contribution is 5.75. The van der Waals surface area contributed by atoms with E-state index < -0.39 is 5.54 Å². The summed E-state index contributed by atoms with van der Waals surface area (Å²) in [6.07, 6.45) is 5.64. The molecule has 0 heterocycles. The van der Waals surface area contributed by atoms with E-state index in [0.29, 0.717) is 12.1 Å². The molecule has 1 fully saturated rings. The van der Waals surface area contributed by atoms with Crippen LogP contribution in [0.5, 0.6) is 0 Å². The van der Waals surface area contributed by atoms with Crippen LogP contribution >= 0.6 is 0 Å². The lowest BCUT2D eigenvalue weighted by Crippen LogP contribution is -2.49. The fraction of sp³-hybridized carbons (Fsp3) is 0.562. The number of halogens is 1. The van der Waals surface area contributed by atoms with Crippen molar-refractivity contribution in [2.24, 2.45) is 0 Å². The zero-order valence-electron chi connectivity index (χ0n) is 12.0. The average Bonchev–Trinajstić information content (AvgIpc) is 2.89. The predicted molar refractivity (Wildman–Crippen MR) is 78.0 cm³/mol. The van der Waals surface area contributed by atoms with Crippen LogP contribution in [0.1, 0.15) is 51.0 Å². The maximum absolute atomic E-state index is 14.1. The van der Waals surface area contributed by atoms with Gasteiger partial charge in [0, 0.05) is 12.1 Å². The van der Waals surface area contributed by atoms with E-state index in [4.69, 9.17) is 0 Å². The minimum Gasteiger partial charge on any atom is -0.338 e. The molecule has 1 aliphatic carbocycles. The molecule has 0 unspecified atom stereocenters. The molecule has 4 heteroatoms. The Bertz CT molecular complexity index is 456. The van der Waals surface area contributed by atoms with E-state index in [2.05, 4.69) is 17.6 Å². The molecule has 2 N–H and O–H groups in total. The second kappa shape index (κ2) is 6.73. The van der Waals surface area contributed by atoms with Gasteiger partial charge in [0.1, 0.15) is 5.82 Å². The van der Waals surface area contributed by atoms with Crippen molar-refractivity contribution in [3.05, 3.63) is 35.6 Å². The van der Waals surface area contributed by atoms with E-state index in [1.165, 1.54) is 6.07 Å². The van der Waals surface area contributed by atoms with Crippen molar-refractivity contribution in [1.82, 2.24) is 10.6 Å². The highest BCUT2D eigenvalue weighted by Crippen LogP contribution is 2.39. The number of hydrogen-bond acceptors (Lipinski definition) is 1. The van der Waals surface area contributed by atoms with Crippen molar-refractivity contribution < 1.29 is 9.18 Å². The molecule has 0 saturated heterocycles. The Morgan fingerprint density at radius 3 is 2.65 bits per heavy atom. The van der Waals surface area contributed by atoms with E-state index in [-0.39, 0.29) is 11.8 Å². The molecule has 1 aromatic carbocycles. The Labute approximate surface area is 120 Å². The van der Waals surface area contributed by atoms with Gasteiger partial charge in [-0.25, -0.2) is 9.18 Å². The van der Waals surface area contributed by atoms with Crippen molar-refractivity contribution in [2.45, 2.75) is 51.0 Å². The monoisotopic (exact) mass is 278 g/mol. The number of urea groups is 1. The summed E-state index contributed by atoms with van der Waals surface area (Å²) in [4.78, 5) is 12.0. The van der Waals surface area contributed by atoms with Gasteiger partial charge in [0.2, 0.25) is 0 Å². The van der Waals surface area contributed by atoms with Crippen molar-refractivity contribution in [1.29, 1.82) is 0 Å². The van der Waals surface area contributed by atoms with Gasteiger partial charge in [0.25, 0.3) is 0 Å². The summed E-state index contributed by atoms with van der Waals surface area (Å²) in [6, 6.07) is 6.57. The first-order valence-corrected chi connectivity index (χ1v) is 7.49. The molecule has 0 radical (unpaired) electrons. The molecule has 0 aliphatic heterocycles. The van der Waals surface area contributed by atoms with Crippen LogP contribution in [0.3, 0.4) is 0 Å². The highest BCUT2D eigenvalue weighted by Gasteiger charge is 2.38. The van der Waals surface area contributed by atoms with Gasteiger partial charge in [-0.2, -0.15) is 0 Å². The topological polar surface area (TPSA) is 41.1 Å². The van der Waals surface area contributed by atoms with Gasteiger partial charge < -0.3 is 10.6 Å². The van der Waals surface area contributed by atoms with Crippen molar-refractivity contribution in [3.63, 3.8) is 0 Å². The Hall–Kier alpha value is -1.58. The molecule has 1 aromatic rings. The molecule has 3 nitrogen and oxygen atoms in total. The summed E-state index contributed by atoms with van der Waals surface area (Å²) in [6.45, 7) is 2.74. The van der Waals surface area contributed by atoms with Gasteiger partial charge >= 0.3 is 6.03 Å². The summed E-state index contributed by atoms with van der Waals surface area (Å²) in [5, 5.41) is 5.87. The summed E-state index contributed by atoms with van der Waals surface area (Å²) in [7, 11) is 0. The van der Waals surface area contributed by atoms with Crippen molar-refractivity contribution in [3.8, 4) is 0 Å². The molecule has 0 aromatic heterocycles. The van der Waals surface area contributed by atoms with Crippen LogP contribution in [0.2, 0.25) is 0 Å². The van der Waals surface area contributed by atoms with E-state index in [9.17, 15) is 9.18 Å². The molecule has 1 aliphatic rings. The lowest BCUT2D eigenvalue weighted by atomic mass is 9.88. The smallest absolute Gasteiger partial charge is 0.315 e. The number of hydrogen-bond donors (Lipinski definition) is 2. The highest BCUT2D eigenvalue weighted by atomic mass is 19.1. The van der Waals surface area contributed by atoms with Crippen molar-refractivity contribution >= 4 is 6.03 Å². The third kappa shape index (κ3) is 3.30. The quantitative estimate of drug-likeness (QED) is 0.792. The number of unbranched alkanes of at least 4 members (excludes halogenated alkanes) is 1. The zero-order valence-corrected chi connectivity index (χ0v) is 12.0. The molecular formula is C16H23FN2O. The summed E-state index contributed by atoms with van der Waals surface area (Å²) >= 11 is 0. The first kappa shape index (κ1) is 14.8. The molecule has 2 rings (SSSR count). The van der Waals surface area contributed by atoms with E-state index in [1.807, 2.05) is 6.07 Å². The lowest BCUT2D eigenvalue weighted by Gasteiger charge is -2.31. The standard InChI is InChI=1S/C16H23FN2O/c1-2-3-12-18-15(20)19-16(10-6-7-11-16)13-8-4-5-9-14(13)17/h4-5,8-9H,2-3,6-7,10-12H2,1H3,(H2,18,19,20). The van der Waals surface area contributed by atoms with Gasteiger partial charge in [0.05, 0.1) is 5.54 Å². The first-order valence-electron chi connectivity index (χ1n) is 7.49. The molecule has 110 valence electrons. The Kier molecular flexibility index (Phi) is 4.99. The van der Waals surface area contributed by atoms with E-state index >= 15 is 0 Å². The maximum Gasteiger partial charge on any atom is 0.315 e. The van der Waals surface area contributed by atoms with E-state index in [0.717, 1.165) is 38.5 Å². The molecule has 0 bridgehead atoms. The summed E-state index contributed by atoms with van der Waals surface area (Å²) in [5.74, 6) is -0.233. The normalized spacial score (nSPS) is 16.9. The maximum atomic E-state index is 14.1. The summed E-state index contributed by atoms with van der Waals surface area (Å²) < 4.78 is 14.1. The third-order valence-electron chi connectivity index (χ3n) is 4.02. The van der Waals surface area contributed by atoms with Gasteiger partial charge in [-0.1, -0.05) is 44.4 Å². The fourth-order valence-electron chi connectivity index (χ4n) is 2.93. The van der Waals surface area contributed by atoms with Crippen LogP contribution in [-0.4, -0.2) is 12.6 Å². The fourth-order valence-corrected chi connectivity index (χ4v) is 2.93. The SMILES string of the molecule is CCCCNC(=O)NC1(c2ccccc2F)CCCC1. The van der Waals surface area contributed by atoms with Crippen LogP contribution in [0, 0.1) is 5.82 Å². The van der Waals surface area contributed by atoms with Crippen molar-refractivity contribution in [2.75, 3.05) is 6.54 Å². The predicted octanol–water partition coefficient (Wildman–Crippen LogP) is 3.69. The van der Waals surface area contributed by atoms with E-state index in [1.54, 1.807) is 12.1 Å². The molecule has 1 saturated carbocycles. The first-order chi connectivity index (χ1) is 9.68. The molecule has 0 spiro atoms. The second-order valence-electron chi connectivity index (χ2n) is 5.50. The molecule has 0 atom stereocenters. The number of amides is 2. The summed E-state index contributed by atoms with van der Waals surface area (Å²) in [5.41, 5.74) is 0.0740. The van der Waals surface area contributed by atoms with Crippen LogP contribution in [0.15, 0.2) is 24.3 Å². The zero-order chi connectivity index (χ0) is 14.4. The average molecular weight is 278 g/mol. The van der Waals surface area contributed by atoms with Crippen LogP contribution in [-0.2, 0) is 5.54 Å². The van der Waals surface area contributed by atoms with Crippen LogP contribution in [0.4, 0.5) is 9.18 Å².